The van der Waals surface area contributed by atoms with Crippen LogP contribution in [0.5, 0.6) is 0 Å². The van der Waals surface area contributed by atoms with E-state index in [1.165, 1.54) is 30.3 Å². The molecule has 0 atom stereocenters. The van der Waals surface area contributed by atoms with Crippen molar-refractivity contribution in [2.75, 3.05) is 11.1 Å². The highest BCUT2D eigenvalue weighted by molar-refractivity contribution is 6.42. The number of nitrogens with one attached hydrogen (secondary N) is 2. The lowest BCUT2D eigenvalue weighted by molar-refractivity contribution is -0.135. The number of aryl methyl sites for hydroxylation is 1. The van der Waals surface area contributed by atoms with Crippen molar-refractivity contribution in [1.82, 2.24) is 10.5 Å². The predicted octanol–water partition coefficient (Wildman–Crippen LogP) is 0.460. The summed E-state index contributed by atoms with van der Waals surface area (Å²) in [5.41, 5.74) is 6.18. The summed E-state index contributed by atoms with van der Waals surface area (Å²) in [6, 6.07) is 7.34. The Morgan fingerprint density at radius 1 is 1.14 bits per heavy atom. The zero-order valence-corrected chi connectivity index (χ0v) is 11.0. The van der Waals surface area contributed by atoms with Gasteiger partial charge in [-0.1, -0.05) is 5.16 Å². The highest BCUT2D eigenvalue weighted by Gasteiger charge is 2.19. The Labute approximate surface area is 119 Å². The number of nitrogen functional groups attached to an aromatic ring is 1. The van der Waals surface area contributed by atoms with Gasteiger partial charge in [0, 0.05) is 17.3 Å². The van der Waals surface area contributed by atoms with Crippen LogP contribution in [0, 0.1) is 6.92 Å². The van der Waals surface area contributed by atoms with Gasteiger partial charge in [0.15, 0.2) is 5.82 Å². The molecule has 1 heterocycles. The van der Waals surface area contributed by atoms with E-state index in [2.05, 4.69) is 10.5 Å². The van der Waals surface area contributed by atoms with Crippen LogP contribution < -0.4 is 16.4 Å². The van der Waals surface area contributed by atoms with Gasteiger partial charge >= 0.3 is 11.8 Å². The van der Waals surface area contributed by atoms with Crippen molar-refractivity contribution in [2.45, 2.75) is 6.92 Å². The summed E-state index contributed by atoms with van der Waals surface area (Å²) in [4.78, 5) is 34.9. The average molecular weight is 288 g/mol. The van der Waals surface area contributed by atoms with Crippen LogP contribution in [0.2, 0.25) is 0 Å². The summed E-state index contributed by atoms with van der Waals surface area (Å²) in [5, 5.41) is 7.65. The maximum atomic E-state index is 11.7. The third-order valence-electron chi connectivity index (χ3n) is 2.48. The molecular formula is C13H12N4O4. The molecule has 0 unspecified atom stereocenters. The van der Waals surface area contributed by atoms with Crippen molar-refractivity contribution in [2.24, 2.45) is 0 Å². The average Bonchev–Trinajstić information content (AvgIpc) is 2.84. The molecule has 0 radical (unpaired) electrons. The topological polar surface area (TPSA) is 127 Å². The maximum absolute atomic E-state index is 11.7. The second-order valence-electron chi connectivity index (χ2n) is 4.18. The molecule has 0 saturated heterocycles. The van der Waals surface area contributed by atoms with Crippen LogP contribution in [-0.2, 0) is 9.59 Å². The lowest BCUT2D eigenvalue weighted by Gasteiger charge is -2.04. The number of aromatic nitrogens is 1. The number of carbonyl (C=O) groups is 3. The molecule has 1 aromatic heterocycles. The van der Waals surface area contributed by atoms with Gasteiger partial charge in [-0.15, -0.1) is 0 Å². The first-order valence-corrected chi connectivity index (χ1v) is 5.91. The first-order valence-electron chi connectivity index (χ1n) is 5.91. The van der Waals surface area contributed by atoms with Gasteiger partial charge < -0.3 is 10.3 Å². The van der Waals surface area contributed by atoms with E-state index in [0.29, 0.717) is 11.4 Å². The molecule has 21 heavy (non-hydrogen) atoms. The molecule has 0 aliphatic heterocycles. The Kier molecular flexibility index (Phi) is 3.98. The van der Waals surface area contributed by atoms with Crippen LogP contribution in [0.25, 0.3) is 0 Å². The smallest absolute Gasteiger partial charge is 0.316 e. The van der Waals surface area contributed by atoms with Gasteiger partial charge in [-0.05, 0) is 31.2 Å². The molecular weight excluding hydrogens is 276 g/mol. The fourth-order valence-corrected chi connectivity index (χ4v) is 1.46. The van der Waals surface area contributed by atoms with Crippen LogP contribution in [0.3, 0.4) is 0 Å². The molecule has 0 bridgehead atoms. The van der Waals surface area contributed by atoms with E-state index < -0.39 is 17.7 Å². The van der Waals surface area contributed by atoms with Crippen LogP contribution in [0.15, 0.2) is 34.9 Å². The highest BCUT2D eigenvalue weighted by Crippen LogP contribution is 2.07. The van der Waals surface area contributed by atoms with Gasteiger partial charge in [-0.25, -0.2) is 0 Å². The molecule has 1 aromatic carbocycles. The lowest BCUT2D eigenvalue weighted by atomic mass is 10.2. The number of nitrogens with zero attached hydrogens (tertiary/aromatic N) is 1. The molecule has 4 N–H and O–H groups in total. The Morgan fingerprint density at radius 2 is 1.81 bits per heavy atom. The Bertz CT molecular complexity index is 690. The van der Waals surface area contributed by atoms with Crippen LogP contribution >= 0.6 is 0 Å². The zero-order chi connectivity index (χ0) is 15.4. The van der Waals surface area contributed by atoms with Crippen LogP contribution in [0.4, 0.5) is 11.5 Å². The van der Waals surface area contributed by atoms with Crippen molar-refractivity contribution < 1.29 is 18.9 Å². The first kappa shape index (κ1) is 14.3. The standard InChI is InChI=1S/C13H12N4O4/c1-7-6-10(17-21-7)15-12(19)13(20)16-11(18)8-2-4-9(14)5-3-8/h2-6H,14H2,1H3,(H,15,17,19)(H,16,18,20). The maximum Gasteiger partial charge on any atom is 0.316 e. The quantitative estimate of drug-likeness (QED) is 0.544. The number of rotatable bonds is 2. The third kappa shape index (κ3) is 3.66. The molecule has 2 rings (SSSR count). The largest absolute Gasteiger partial charge is 0.399 e. The number of benzene rings is 1. The predicted molar refractivity (Wildman–Crippen MR) is 73.2 cm³/mol. The number of imide groups is 1. The van der Waals surface area contributed by atoms with Gasteiger partial charge in [0.1, 0.15) is 5.76 Å². The van der Waals surface area contributed by atoms with E-state index in [1.807, 2.05) is 5.32 Å². The van der Waals surface area contributed by atoms with Gasteiger partial charge in [0.2, 0.25) is 0 Å². The molecule has 2 aromatic rings. The monoisotopic (exact) mass is 288 g/mol. The number of hydrogen-bond acceptors (Lipinski definition) is 6. The molecule has 0 aliphatic rings. The number of amides is 3. The molecule has 0 saturated carbocycles. The van der Waals surface area contributed by atoms with Gasteiger partial charge in [0.25, 0.3) is 5.91 Å². The van der Waals surface area contributed by atoms with E-state index >= 15 is 0 Å². The van der Waals surface area contributed by atoms with E-state index in [-0.39, 0.29) is 11.4 Å². The number of anilines is 2. The molecule has 108 valence electrons. The highest BCUT2D eigenvalue weighted by atomic mass is 16.5. The summed E-state index contributed by atoms with van der Waals surface area (Å²) in [6.07, 6.45) is 0. The molecule has 0 spiro atoms. The Morgan fingerprint density at radius 3 is 2.38 bits per heavy atom. The lowest BCUT2D eigenvalue weighted by Crippen LogP contribution is -2.39. The summed E-state index contributed by atoms with van der Waals surface area (Å²) in [5.74, 6) is -2.26. The molecule has 8 nitrogen and oxygen atoms in total. The number of carbonyl (C=O) groups excluding carboxylic acids is 3. The second-order valence-corrected chi connectivity index (χ2v) is 4.18. The Balaban J connectivity index is 1.95. The minimum atomic E-state index is -1.10. The van der Waals surface area contributed by atoms with Crippen LogP contribution in [0.1, 0.15) is 16.1 Å². The fourth-order valence-electron chi connectivity index (χ4n) is 1.46. The number of hydrogen-bond donors (Lipinski definition) is 3. The molecule has 3 amide bonds. The summed E-state index contributed by atoms with van der Waals surface area (Å²) < 4.78 is 4.73. The molecule has 0 aliphatic carbocycles. The molecule has 0 fully saturated rings. The van der Waals surface area contributed by atoms with E-state index in [9.17, 15) is 14.4 Å². The molecule has 8 heteroatoms. The fraction of sp³-hybridized carbons (Fsp3) is 0.0769. The van der Waals surface area contributed by atoms with Crippen LogP contribution in [-0.4, -0.2) is 22.9 Å². The first-order chi connectivity index (χ1) is 9.95. The summed E-state index contributed by atoms with van der Waals surface area (Å²) in [6.45, 7) is 1.63. The summed E-state index contributed by atoms with van der Waals surface area (Å²) >= 11 is 0. The number of nitrogens with two attached hydrogens (primary N) is 1. The normalized spacial score (nSPS) is 9.95. The SMILES string of the molecule is Cc1cc(NC(=O)C(=O)NC(=O)c2ccc(N)cc2)no1. The van der Waals surface area contributed by atoms with Crippen molar-refractivity contribution in [3.8, 4) is 0 Å². The van der Waals surface area contributed by atoms with Crippen molar-refractivity contribution in [3.05, 3.63) is 41.7 Å². The van der Waals surface area contributed by atoms with E-state index in [1.54, 1.807) is 6.92 Å². The van der Waals surface area contributed by atoms with Crippen molar-refractivity contribution in [3.63, 3.8) is 0 Å². The van der Waals surface area contributed by atoms with Gasteiger partial charge in [-0.2, -0.15) is 0 Å². The third-order valence-corrected chi connectivity index (χ3v) is 2.48. The van der Waals surface area contributed by atoms with E-state index in [0.717, 1.165) is 0 Å². The minimum Gasteiger partial charge on any atom is -0.399 e. The van der Waals surface area contributed by atoms with Crippen molar-refractivity contribution in [1.29, 1.82) is 0 Å². The minimum absolute atomic E-state index is 0.0904. The van der Waals surface area contributed by atoms with Crippen molar-refractivity contribution >= 4 is 29.2 Å². The second kappa shape index (κ2) is 5.87. The van der Waals surface area contributed by atoms with E-state index in [4.69, 9.17) is 10.3 Å². The van der Waals surface area contributed by atoms with Gasteiger partial charge in [0.05, 0.1) is 0 Å². The van der Waals surface area contributed by atoms with Gasteiger partial charge in [-0.3, -0.25) is 25.0 Å². The zero-order valence-electron chi connectivity index (χ0n) is 11.0. The Hall–Kier alpha value is -3.16. The summed E-state index contributed by atoms with van der Waals surface area (Å²) in [7, 11) is 0.